The van der Waals surface area contributed by atoms with Crippen LogP contribution in [0.2, 0.25) is 0 Å². The minimum Gasteiger partial charge on any atom is -0.477 e. The van der Waals surface area contributed by atoms with E-state index in [0.29, 0.717) is 16.9 Å². The van der Waals surface area contributed by atoms with Crippen molar-refractivity contribution in [2.75, 3.05) is 6.54 Å². The van der Waals surface area contributed by atoms with Crippen molar-refractivity contribution >= 4 is 24.1 Å². The van der Waals surface area contributed by atoms with Crippen LogP contribution in [0.1, 0.15) is 61.8 Å². The molecule has 0 aromatic rings. The zero-order valence-electron chi connectivity index (χ0n) is 18.9. The van der Waals surface area contributed by atoms with Crippen LogP contribution in [0.3, 0.4) is 0 Å². The molecule has 0 unspecified atom stereocenters. The SMILES string of the molecule is CC/C(C)=C(\C(=O)O)N(C(=O)OC(C)(C)C)C(=O)[C@@H]1C=CCN1C(=O)OC(C)(C)C. The van der Waals surface area contributed by atoms with Crippen molar-refractivity contribution in [1.82, 2.24) is 9.80 Å². The first-order valence-corrected chi connectivity index (χ1v) is 9.75. The fraction of sp³-hybridized carbons (Fsp3) is 0.619. The van der Waals surface area contributed by atoms with Crippen molar-refractivity contribution in [2.24, 2.45) is 0 Å². The van der Waals surface area contributed by atoms with E-state index in [1.807, 2.05) is 0 Å². The molecule has 0 aromatic heterocycles. The molecule has 0 fully saturated rings. The van der Waals surface area contributed by atoms with Gasteiger partial charge in [0.15, 0.2) is 0 Å². The minimum atomic E-state index is -1.45. The van der Waals surface area contributed by atoms with E-state index in [2.05, 4.69) is 0 Å². The van der Waals surface area contributed by atoms with E-state index >= 15 is 0 Å². The molecule has 9 nitrogen and oxygen atoms in total. The molecule has 1 aliphatic rings. The summed E-state index contributed by atoms with van der Waals surface area (Å²) in [5.41, 5.74) is -1.92. The molecule has 1 N–H and O–H groups in total. The van der Waals surface area contributed by atoms with Gasteiger partial charge in [0.25, 0.3) is 5.91 Å². The number of carbonyl (C=O) groups excluding carboxylic acids is 3. The lowest BCUT2D eigenvalue weighted by atomic mass is 10.1. The lowest BCUT2D eigenvalue weighted by Gasteiger charge is -2.32. The highest BCUT2D eigenvalue weighted by Crippen LogP contribution is 2.24. The molecule has 0 saturated carbocycles. The molecule has 1 heterocycles. The number of nitrogens with zero attached hydrogens (tertiary/aromatic N) is 2. The predicted octanol–water partition coefficient (Wildman–Crippen LogP) is 3.69. The molecule has 0 aromatic carbocycles. The van der Waals surface area contributed by atoms with E-state index < -0.39 is 47.0 Å². The van der Waals surface area contributed by atoms with Gasteiger partial charge in [-0.25, -0.2) is 19.3 Å². The molecule has 1 rings (SSSR count). The molecule has 30 heavy (non-hydrogen) atoms. The summed E-state index contributed by atoms with van der Waals surface area (Å²) in [5.74, 6) is -2.35. The number of allylic oxidation sites excluding steroid dienone is 1. The number of imide groups is 1. The van der Waals surface area contributed by atoms with E-state index in [1.54, 1.807) is 54.5 Å². The van der Waals surface area contributed by atoms with Crippen molar-refractivity contribution < 1.29 is 33.8 Å². The van der Waals surface area contributed by atoms with Crippen LogP contribution in [0.5, 0.6) is 0 Å². The summed E-state index contributed by atoms with van der Waals surface area (Å²) in [7, 11) is 0. The lowest BCUT2D eigenvalue weighted by Crippen LogP contribution is -2.52. The molecule has 9 heteroatoms. The van der Waals surface area contributed by atoms with Gasteiger partial charge in [0.1, 0.15) is 22.9 Å². The maximum atomic E-state index is 13.3. The first kappa shape index (κ1) is 25.2. The maximum Gasteiger partial charge on any atom is 0.422 e. The van der Waals surface area contributed by atoms with E-state index in [1.165, 1.54) is 13.0 Å². The van der Waals surface area contributed by atoms with Gasteiger partial charge < -0.3 is 14.6 Å². The van der Waals surface area contributed by atoms with Crippen LogP contribution in [-0.2, 0) is 19.1 Å². The molecule has 0 bridgehead atoms. The number of rotatable bonds is 4. The topological polar surface area (TPSA) is 113 Å². The van der Waals surface area contributed by atoms with Gasteiger partial charge >= 0.3 is 18.2 Å². The lowest BCUT2D eigenvalue weighted by molar-refractivity contribution is -0.140. The van der Waals surface area contributed by atoms with E-state index in [4.69, 9.17) is 9.47 Å². The number of hydrogen-bond acceptors (Lipinski definition) is 6. The molecule has 0 spiro atoms. The average Bonchev–Trinajstić information content (AvgIpc) is 3.04. The van der Waals surface area contributed by atoms with Crippen LogP contribution in [0.25, 0.3) is 0 Å². The van der Waals surface area contributed by atoms with Crippen molar-refractivity contribution in [1.29, 1.82) is 0 Å². The molecule has 0 saturated heterocycles. The highest BCUT2D eigenvalue weighted by Gasteiger charge is 2.42. The molecule has 3 amide bonds. The molecule has 0 aliphatic carbocycles. The quantitative estimate of drug-likeness (QED) is 0.541. The number of carbonyl (C=O) groups is 4. The Morgan fingerprint density at radius 1 is 1.07 bits per heavy atom. The van der Waals surface area contributed by atoms with Gasteiger partial charge in [-0.2, -0.15) is 0 Å². The molecule has 0 radical (unpaired) electrons. The predicted molar refractivity (Wildman–Crippen MR) is 110 cm³/mol. The highest BCUT2D eigenvalue weighted by atomic mass is 16.6. The number of carboxylic acid groups (broad SMARTS) is 1. The zero-order chi connectivity index (χ0) is 23.4. The Kier molecular flexibility index (Phi) is 7.82. The van der Waals surface area contributed by atoms with E-state index in [0.717, 1.165) is 4.90 Å². The third-order valence-electron chi connectivity index (χ3n) is 3.99. The molecule has 168 valence electrons. The van der Waals surface area contributed by atoms with Gasteiger partial charge in [0.05, 0.1) is 0 Å². The minimum absolute atomic E-state index is 0.0896. The Morgan fingerprint density at radius 2 is 1.60 bits per heavy atom. The first-order valence-electron chi connectivity index (χ1n) is 9.75. The summed E-state index contributed by atoms with van der Waals surface area (Å²) < 4.78 is 10.6. The zero-order valence-corrected chi connectivity index (χ0v) is 18.9. The summed E-state index contributed by atoms with van der Waals surface area (Å²) in [5, 5.41) is 9.73. The number of aliphatic carboxylic acids is 1. The Bertz CT molecular complexity index is 769. The van der Waals surface area contributed by atoms with Gasteiger partial charge in [-0.1, -0.05) is 19.1 Å². The fourth-order valence-corrected chi connectivity index (χ4v) is 2.61. The second kappa shape index (κ2) is 9.32. The maximum absolute atomic E-state index is 13.3. The van der Waals surface area contributed by atoms with Gasteiger partial charge in [-0.3, -0.25) is 9.69 Å². The molecule has 1 aliphatic heterocycles. The second-order valence-corrected chi connectivity index (χ2v) is 8.95. The normalized spacial score (nSPS) is 17.3. The van der Waals surface area contributed by atoms with Crippen molar-refractivity contribution in [2.45, 2.75) is 79.1 Å². The standard InChI is InChI=1S/C21H32N2O7/c1-9-13(2)15(17(25)26)23(19(28)30-21(6,7)8)16(24)14-11-10-12-22(14)18(27)29-20(3,4)5/h10-11,14H,9,12H2,1-8H3,(H,25,26)/b15-13+/t14-/m0/s1. The molecular weight excluding hydrogens is 392 g/mol. The van der Waals surface area contributed by atoms with E-state index in [9.17, 15) is 24.3 Å². The Morgan fingerprint density at radius 3 is 2.03 bits per heavy atom. The second-order valence-electron chi connectivity index (χ2n) is 8.95. The summed E-state index contributed by atoms with van der Waals surface area (Å²) in [6, 6.07) is -1.20. The molecular formula is C21H32N2O7. The van der Waals surface area contributed by atoms with E-state index in [-0.39, 0.29) is 6.54 Å². The Hall–Kier alpha value is -2.84. The van der Waals surface area contributed by atoms with Gasteiger partial charge in [0.2, 0.25) is 0 Å². The van der Waals surface area contributed by atoms with Crippen LogP contribution >= 0.6 is 0 Å². The average molecular weight is 424 g/mol. The smallest absolute Gasteiger partial charge is 0.422 e. The number of amides is 3. The van der Waals surface area contributed by atoms with Crippen molar-refractivity contribution in [3.63, 3.8) is 0 Å². The largest absolute Gasteiger partial charge is 0.477 e. The van der Waals surface area contributed by atoms with Crippen LogP contribution < -0.4 is 0 Å². The first-order chi connectivity index (χ1) is 13.6. The van der Waals surface area contributed by atoms with Gasteiger partial charge in [-0.15, -0.1) is 0 Å². The third kappa shape index (κ3) is 6.60. The summed E-state index contributed by atoms with van der Waals surface area (Å²) in [6.07, 6.45) is 1.44. The summed E-state index contributed by atoms with van der Waals surface area (Å²) in [6.45, 7) is 13.2. The molecule has 1 atom stereocenters. The fourth-order valence-electron chi connectivity index (χ4n) is 2.61. The number of carboxylic acids is 1. The van der Waals surface area contributed by atoms with Crippen molar-refractivity contribution in [3.05, 3.63) is 23.4 Å². The number of ether oxygens (including phenoxy) is 2. The van der Waals surface area contributed by atoms with Crippen LogP contribution in [0.15, 0.2) is 23.4 Å². The van der Waals surface area contributed by atoms with Crippen LogP contribution in [0, 0.1) is 0 Å². The number of hydrogen-bond donors (Lipinski definition) is 1. The highest BCUT2D eigenvalue weighted by molar-refractivity contribution is 6.06. The van der Waals surface area contributed by atoms with Crippen LogP contribution in [0.4, 0.5) is 9.59 Å². The van der Waals surface area contributed by atoms with Gasteiger partial charge in [-0.05, 0) is 60.5 Å². The van der Waals surface area contributed by atoms with Gasteiger partial charge in [0, 0.05) is 6.54 Å². The summed E-state index contributed by atoms with van der Waals surface area (Å²) in [4.78, 5) is 52.3. The van der Waals surface area contributed by atoms with Crippen molar-refractivity contribution in [3.8, 4) is 0 Å². The Balaban J connectivity index is 3.40. The Labute approximate surface area is 177 Å². The summed E-state index contributed by atoms with van der Waals surface area (Å²) >= 11 is 0. The third-order valence-corrected chi connectivity index (χ3v) is 3.99. The van der Waals surface area contributed by atoms with Crippen LogP contribution in [-0.4, -0.2) is 62.8 Å². The monoisotopic (exact) mass is 424 g/mol.